The largest absolute Gasteiger partial charge is 0.492 e. The summed E-state index contributed by atoms with van der Waals surface area (Å²) in [5, 5.41) is 18.0. The van der Waals surface area contributed by atoms with Gasteiger partial charge in [0.15, 0.2) is 0 Å². The van der Waals surface area contributed by atoms with Crippen LogP contribution in [0.3, 0.4) is 0 Å². The molecule has 1 aliphatic heterocycles. The van der Waals surface area contributed by atoms with Crippen LogP contribution in [0.1, 0.15) is 19.3 Å². The third kappa shape index (κ3) is 3.48. The molecule has 2 rings (SSSR count). The number of piperidine rings is 1. The van der Waals surface area contributed by atoms with E-state index >= 15 is 0 Å². The van der Waals surface area contributed by atoms with Crippen LogP contribution in [0.4, 0.5) is 0 Å². The van der Waals surface area contributed by atoms with Gasteiger partial charge in [0.1, 0.15) is 12.4 Å². The molecule has 1 aromatic rings. The van der Waals surface area contributed by atoms with E-state index in [-0.39, 0.29) is 0 Å². The van der Waals surface area contributed by atoms with E-state index in [0.717, 1.165) is 12.3 Å². The van der Waals surface area contributed by atoms with Crippen LogP contribution in [0, 0.1) is 0 Å². The van der Waals surface area contributed by atoms with Gasteiger partial charge in [-0.15, -0.1) is 0 Å². The van der Waals surface area contributed by atoms with Crippen molar-refractivity contribution in [3.8, 4) is 5.75 Å². The van der Waals surface area contributed by atoms with Gasteiger partial charge in [-0.25, -0.2) is 0 Å². The zero-order chi connectivity index (χ0) is 13.0. The molecule has 2 N–H and O–H groups in total. The SMILES string of the molecule is CN1CCCCC1COc1ccc(B(O)O)cc1. The molecule has 1 saturated heterocycles. The molecule has 0 spiro atoms. The molecule has 18 heavy (non-hydrogen) atoms. The number of rotatable bonds is 4. The molecule has 0 radical (unpaired) electrons. The van der Waals surface area contributed by atoms with Crippen molar-refractivity contribution in [3.05, 3.63) is 24.3 Å². The topological polar surface area (TPSA) is 52.9 Å². The second-order valence-corrected chi connectivity index (χ2v) is 4.88. The summed E-state index contributed by atoms with van der Waals surface area (Å²) in [7, 11) is 0.724. The van der Waals surface area contributed by atoms with E-state index in [9.17, 15) is 0 Å². The van der Waals surface area contributed by atoms with Crippen molar-refractivity contribution in [1.82, 2.24) is 4.90 Å². The molecular weight excluding hydrogens is 229 g/mol. The number of ether oxygens (including phenoxy) is 1. The minimum Gasteiger partial charge on any atom is -0.492 e. The predicted octanol–water partition coefficient (Wildman–Crippen LogP) is 0.229. The highest BCUT2D eigenvalue weighted by Crippen LogP contribution is 2.16. The number of hydrogen-bond acceptors (Lipinski definition) is 4. The van der Waals surface area contributed by atoms with Crippen molar-refractivity contribution in [2.24, 2.45) is 0 Å². The molecule has 98 valence electrons. The second-order valence-electron chi connectivity index (χ2n) is 4.88. The van der Waals surface area contributed by atoms with Gasteiger partial charge in [0.25, 0.3) is 0 Å². The minimum atomic E-state index is -1.41. The smallest absolute Gasteiger partial charge is 0.488 e. The second kappa shape index (κ2) is 6.23. The average Bonchev–Trinajstić information content (AvgIpc) is 2.38. The summed E-state index contributed by atoms with van der Waals surface area (Å²) >= 11 is 0. The van der Waals surface area contributed by atoms with E-state index in [1.54, 1.807) is 24.3 Å². The molecule has 1 aliphatic rings. The Hall–Kier alpha value is -1.04. The first kappa shape index (κ1) is 13.4. The summed E-state index contributed by atoms with van der Waals surface area (Å²) in [6, 6.07) is 7.38. The number of likely N-dealkylation sites (tertiary alicyclic amines) is 1. The van der Waals surface area contributed by atoms with Crippen molar-refractivity contribution in [2.75, 3.05) is 20.2 Å². The number of likely N-dealkylation sites (N-methyl/N-ethyl adjacent to an activating group) is 1. The van der Waals surface area contributed by atoms with E-state index < -0.39 is 7.12 Å². The van der Waals surface area contributed by atoms with Gasteiger partial charge in [-0.05, 0) is 44.0 Å². The van der Waals surface area contributed by atoms with Crippen LogP contribution >= 0.6 is 0 Å². The highest BCUT2D eigenvalue weighted by atomic mass is 16.5. The van der Waals surface area contributed by atoms with E-state index in [0.29, 0.717) is 18.1 Å². The number of nitrogens with zero attached hydrogens (tertiary/aromatic N) is 1. The maximum atomic E-state index is 8.99. The molecule has 1 fully saturated rings. The Balaban J connectivity index is 1.85. The monoisotopic (exact) mass is 249 g/mol. The van der Waals surface area contributed by atoms with Crippen molar-refractivity contribution in [1.29, 1.82) is 0 Å². The normalized spacial score (nSPS) is 20.7. The lowest BCUT2D eigenvalue weighted by Crippen LogP contribution is -2.40. The third-order valence-corrected chi connectivity index (χ3v) is 3.54. The van der Waals surface area contributed by atoms with Gasteiger partial charge in [0.2, 0.25) is 0 Å². The lowest BCUT2D eigenvalue weighted by Gasteiger charge is -2.32. The molecule has 1 unspecified atom stereocenters. The zero-order valence-electron chi connectivity index (χ0n) is 10.7. The Labute approximate surface area is 108 Å². The molecule has 5 heteroatoms. The fraction of sp³-hybridized carbons (Fsp3) is 0.538. The molecule has 0 bridgehead atoms. The fourth-order valence-corrected chi connectivity index (χ4v) is 2.28. The zero-order valence-corrected chi connectivity index (χ0v) is 10.7. The van der Waals surface area contributed by atoms with Gasteiger partial charge >= 0.3 is 7.12 Å². The molecule has 1 atom stereocenters. The highest BCUT2D eigenvalue weighted by molar-refractivity contribution is 6.58. The molecule has 0 aliphatic carbocycles. The maximum Gasteiger partial charge on any atom is 0.488 e. The van der Waals surface area contributed by atoms with Crippen LogP contribution in [0.25, 0.3) is 0 Å². The summed E-state index contributed by atoms with van der Waals surface area (Å²) in [5.74, 6) is 0.776. The first-order chi connectivity index (χ1) is 8.66. The standard InChI is InChI=1S/C13H20BNO3/c1-15-9-3-2-4-12(15)10-18-13-7-5-11(6-8-13)14(16)17/h5-8,12,16-17H,2-4,9-10H2,1H3. The van der Waals surface area contributed by atoms with Crippen molar-refractivity contribution >= 4 is 12.6 Å². The Bertz CT molecular complexity index is 369. The van der Waals surface area contributed by atoms with Gasteiger partial charge in [0.05, 0.1) is 0 Å². The number of benzene rings is 1. The molecule has 0 saturated carbocycles. The Morgan fingerprint density at radius 3 is 2.61 bits per heavy atom. The summed E-state index contributed by atoms with van der Waals surface area (Å²) in [4.78, 5) is 2.34. The van der Waals surface area contributed by atoms with E-state index in [4.69, 9.17) is 14.8 Å². The van der Waals surface area contributed by atoms with Crippen molar-refractivity contribution in [3.63, 3.8) is 0 Å². The van der Waals surface area contributed by atoms with Crippen LogP contribution in [-0.4, -0.2) is 48.3 Å². The van der Waals surface area contributed by atoms with Crippen molar-refractivity contribution < 1.29 is 14.8 Å². The Morgan fingerprint density at radius 2 is 2.00 bits per heavy atom. The predicted molar refractivity (Wildman–Crippen MR) is 72.0 cm³/mol. The van der Waals surface area contributed by atoms with E-state index in [1.807, 2.05) is 0 Å². The van der Waals surface area contributed by atoms with E-state index in [1.165, 1.54) is 19.3 Å². The lowest BCUT2D eigenvalue weighted by atomic mass is 9.80. The summed E-state index contributed by atoms with van der Waals surface area (Å²) < 4.78 is 5.75. The van der Waals surface area contributed by atoms with Crippen LogP contribution in [0.2, 0.25) is 0 Å². The van der Waals surface area contributed by atoms with Gasteiger partial charge in [-0.2, -0.15) is 0 Å². The van der Waals surface area contributed by atoms with Gasteiger partial charge in [0, 0.05) is 6.04 Å². The van der Waals surface area contributed by atoms with Crippen LogP contribution < -0.4 is 10.2 Å². The van der Waals surface area contributed by atoms with E-state index in [2.05, 4.69) is 11.9 Å². The molecule has 1 heterocycles. The van der Waals surface area contributed by atoms with Crippen LogP contribution in [0.15, 0.2) is 24.3 Å². The average molecular weight is 249 g/mol. The van der Waals surface area contributed by atoms with Crippen molar-refractivity contribution in [2.45, 2.75) is 25.3 Å². The maximum absolute atomic E-state index is 8.99. The fourth-order valence-electron chi connectivity index (χ4n) is 2.28. The molecule has 0 amide bonds. The first-order valence-corrected chi connectivity index (χ1v) is 6.46. The quantitative estimate of drug-likeness (QED) is 0.750. The number of hydrogen-bond donors (Lipinski definition) is 2. The summed E-state index contributed by atoms with van der Waals surface area (Å²) in [6.45, 7) is 1.83. The Kier molecular flexibility index (Phi) is 4.63. The molecular formula is C13H20BNO3. The Morgan fingerprint density at radius 1 is 1.28 bits per heavy atom. The third-order valence-electron chi connectivity index (χ3n) is 3.54. The molecule has 1 aromatic carbocycles. The summed E-state index contributed by atoms with van der Waals surface area (Å²) in [6.07, 6.45) is 3.73. The van der Waals surface area contributed by atoms with Gasteiger partial charge in [-0.3, -0.25) is 0 Å². The molecule has 4 nitrogen and oxygen atoms in total. The summed E-state index contributed by atoms with van der Waals surface area (Å²) in [5.41, 5.74) is 0.483. The van der Waals surface area contributed by atoms with Crippen LogP contribution in [0.5, 0.6) is 5.75 Å². The van der Waals surface area contributed by atoms with Gasteiger partial charge in [-0.1, -0.05) is 18.6 Å². The minimum absolute atomic E-state index is 0.483. The first-order valence-electron chi connectivity index (χ1n) is 6.46. The van der Waals surface area contributed by atoms with Gasteiger partial charge < -0.3 is 19.7 Å². The lowest BCUT2D eigenvalue weighted by molar-refractivity contribution is 0.125. The van der Waals surface area contributed by atoms with Crippen LogP contribution in [-0.2, 0) is 0 Å². The highest BCUT2D eigenvalue weighted by Gasteiger charge is 2.19. The molecule has 0 aromatic heterocycles.